The third-order valence-corrected chi connectivity index (χ3v) is 13.5. The van der Waals surface area contributed by atoms with Crippen LogP contribution in [0.2, 0.25) is 0 Å². The van der Waals surface area contributed by atoms with Gasteiger partial charge in [-0.1, -0.05) is 113 Å². The van der Waals surface area contributed by atoms with Gasteiger partial charge in [0.25, 0.3) is 0 Å². The molecule has 4 aliphatic rings. The Balaban J connectivity index is 0.000000273. The SMILES string of the molecule is C[C-]1C2=C3Cc4ccccc4C3=C3C=CCCC3C2(C)C(C)(C)C(C)(C)C1(C)C.FC(F)(F)c1cccc([CH]=[Zr+2])c1.[Cl-].[Cl-].c1cc[cH-]c1. The number of hydrogen-bond acceptors (Lipinski definition) is 0. The van der Waals surface area contributed by atoms with E-state index in [-0.39, 0.29) is 46.5 Å². The summed E-state index contributed by atoms with van der Waals surface area (Å²) in [6, 6.07) is 24.5. The second kappa shape index (κ2) is 14.7. The largest absolute Gasteiger partial charge is 1.00 e. The van der Waals surface area contributed by atoms with Crippen LogP contribution in [0.15, 0.2) is 108 Å². The fourth-order valence-electron chi connectivity index (χ4n) is 8.69. The zero-order valence-electron chi connectivity index (χ0n) is 29.3. The molecule has 0 nitrogen and oxygen atoms in total. The summed E-state index contributed by atoms with van der Waals surface area (Å²) in [5.74, 6) is 2.24. The van der Waals surface area contributed by atoms with E-state index in [1.54, 1.807) is 38.0 Å². The molecule has 256 valence electrons. The number of alkyl halides is 3. The first-order valence-corrected chi connectivity index (χ1v) is 17.9. The van der Waals surface area contributed by atoms with Crippen LogP contribution in [0.5, 0.6) is 0 Å². The number of fused-ring (bicyclic) bond motifs is 6. The van der Waals surface area contributed by atoms with E-state index in [1.165, 1.54) is 30.0 Å². The molecule has 0 bridgehead atoms. The minimum Gasteiger partial charge on any atom is -1.00 e. The summed E-state index contributed by atoms with van der Waals surface area (Å²) in [5, 5.41) is 0. The molecule has 0 aromatic heterocycles. The van der Waals surface area contributed by atoms with Crippen molar-refractivity contribution in [2.75, 3.05) is 0 Å². The quantitative estimate of drug-likeness (QED) is 0.276. The molecule has 0 aliphatic heterocycles. The molecule has 6 heteroatoms. The first kappa shape index (κ1) is 40.4. The number of benzene rings is 2. The molecule has 2 unspecified atom stereocenters. The standard InChI is InChI=1S/C29H37.C8H5F3.C5H5.2ClH.Zr/c1-18-25-22-17-19-13-9-10-14-20(19)24(22)21-15-11-12-16-23(21)29(25,8)28(6,7)27(4,5)26(18,2)3;1-6-3-2-4-7(5-6)8(9,10)11;1-2-4-5-3-1;;;/h9-11,13-15,23H,12,16-17H2,1-8H3;1-5H;1-5H;2*1H;/q-1;;-1;;;+2/p-2. The normalized spacial score (nSPS) is 23.8. The monoisotopic (exact) mass is 768 g/mol. The molecule has 0 amide bonds. The van der Waals surface area contributed by atoms with Gasteiger partial charge in [0, 0.05) is 0 Å². The van der Waals surface area contributed by atoms with Gasteiger partial charge in [-0.2, -0.15) is 29.3 Å². The second-order valence-electron chi connectivity index (χ2n) is 15.0. The topological polar surface area (TPSA) is 0 Å². The fraction of sp³-hybridized carbons (Fsp3) is 0.405. The van der Waals surface area contributed by atoms with Gasteiger partial charge in [0.2, 0.25) is 0 Å². The Labute approximate surface area is 313 Å². The van der Waals surface area contributed by atoms with E-state index >= 15 is 0 Å². The van der Waals surface area contributed by atoms with E-state index in [4.69, 9.17) is 0 Å². The number of rotatable bonds is 1. The minimum atomic E-state index is -4.23. The Morgan fingerprint density at radius 2 is 1.52 bits per heavy atom. The summed E-state index contributed by atoms with van der Waals surface area (Å²) in [4.78, 5) is 0. The zero-order chi connectivity index (χ0) is 33.7. The summed E-state index contributed by atoms with van der Waals surface area (Å²) in [7, 11) is 0. The van der Waals surface area contributed by atoms with E-state index in [1.807, 2.05) is 30.3 Å². The summed E-state index contributed by atoms with van der Waals surface area (Å²) in [6.45, 7) is 20.3. The molecule has 1 saturated carbocycles. The summed E-state index contributed by atoms with van der Waals surface area (Å²) >= 11 is 1.10. The van der Waals surface area contributed by atoms with Gasteiger partial charge >= 0.3 is 82.7 Å². The van der Waals surface area contributed by atoms with E-state index in [0.717, 1.165) is 42.8 Å². The van der Waals surface area contributed by atoms with Gasteiger partial charge in [0.1, 0.15) is 0 Å². The predicted molar refractivity (Wildman–Crippen MR) is 183 cm³/mol. The maximum atomic E-state index is 12.1. The maximum Gasteiger partial charge on any atom is -0.172 e. The molecule has 0 heterocycles. The first-order chi connectivity index (χ1) is 21.5. The van der Waals surface area contributed by atoms with Crippen LogP contribution in [0.1, 0.15) is 90.5 Å². The Kier molecular flexibility index (Phi) is 12.4. The molecule has 4 aliphatic carbocycles. The average molecular weight is 771 g/mol. The van der Waals surface area contributed by atoms with Crippen molar-refractivity contribution in [3.05, 3.63) is 136 Å². The van der Waals surface area contributed by atoms with E-state index in [9.17, 15) is 13.2 Å². The predicted octanol–water partition coefficient (Wildman–Crippen LogP) is 5.78. The molecular weight excluding hydrogens is 724 g/mol. The molecule has 1 fully saturated rings. The van der Waals surface area contributed by atoms with Gasteiger partial charge in [-0.05, 0) is 40.6 Å². The van der Waals surface area contributed by atoms with Gasteiger partial charge in [-0.15, -0.1) is 6.92 Å². The molecule has 0 N–H and O–H groups in total. The molecule has 0 saturated heterocycles. The molecule has 0 radical (unpaired) electrons. The van der Waals surface area contributed by atoms with E-state index < -0.39 is 11.7 Å². The van der Waals surface area contributed by atoms with Crippen LogP contribution in [0, 0.1) is 33.5 Å². The molecule has 2 atom stereocenters. The fourth-order valence-corrected chi connectivity index (χ4v) is 9.14. The Morgan fingerprint density at radius 3 is 2.10 bits per heavy atom. The van der Waals surface area contributed by atoms with Gasteiger partial charge in [-0.25, -0.2) is 18.1 Å². The van der Waals surface area contributed by atoms with Crippen LogP contribution in [0.4, 0.5) is 13.2 Å². The number of hydrogen-bond donors (Lipinski definition) is 0. The molecule has 0 spiro atoms. The van der Waals surface area contributed by atoms with Crippen LogP contribution < -0.4 is 24.8 Å². The first-order valence-electron chi connectivity index (χ1n) is 16.4. The maximum absolute atomic E-state index is 12.1. The van der Waals surface area contributed by atoms with Crippen molar-refractivity contribution in [3.8, 4) is 0 Å². The summed E-state index contributed by atoms with van der Waals surface area (Å²) in [6.07, 6.45) is 4.27. The summed E-state index contributed by atoms with van der Waals surface area (Å²) < 4.78 is 38.0. The van der Waals surface area contributed by atoms with Crippen molar-refractivity contribution in [1.82, 2.24) is 0 Å². The van der Waals surface area contributed by atoms with Crippen LogP contribution in [-0.4, -0.2) is 3.71 Å². The van der Waals surface area contributed by atoms with Crippen molar-refractivity contribution >= 4 is 9.28 Å². The van der Waals surface area contributed by atoms with Crippen molar-refractivity contribution in [1.29, 1.82) is 0 Å². The van der Waals surface area contributed by atoms with Crippen molar-refractivity contribution in [3.63, 3.8) is 0 Å². The number of allylic oxidation sites excluding steroid dienone is 6. The molecule has 3 aromatic rings. The third-order valence-electron chi connectivity index (χ3n) is 12.7. The molecule has 7 rings (SSSR count). The third kappa shape index (κ3) is 6.49. The number of halogens is 5. The van der Waals surface area contributed by atoms with Crippen LogP contribution in [0.3, 0.4) is 0 Å². The van der Waals surface area contributed by atoms with Crippen molar-refractivity contribution < 1.29 is 62.2 Å². The van der Waals surface area contributed by atoms with Crippen LogP contribution in [0.25, 0.3) is 5.57 Å². The van der Waals surface area contributed by atoms with Gasteiger partial charge in [0.05, 0.1) is 0 Å². The Morgan fingerprint density at radius 1 is 0.875 bits per heavy atom. The van der Waals surface area contributed by atoms with Gasteiger partial charge in [-0.3, -0.25) is 0 Å². The second-order valence-corrected chi connectivity index (χ2v) is 15.7. The summed E-state index contributed by atoms with van der Waals surface area (Å²) in [5.41, 5.74) is 10.3. The van der Waals surface area contributed by atoms with E-state index in [2.05, 4.69) is 91.8 Å². The Bertz CT molecular complexity index is 1670. The van der Waals surface area contributed by atoms with Crippen molar-refractivity contribution in [2.45, 2.75) is 80.8 Å². The zero-order valence-corrected chi connectivity index (χ0v) is 33.3. The Hall–Kier alpha value is -2.00. The van der Waals surface area contributed by atoms with Gasteiger partial charge in [0.15, 0.2) is 0 Å². The van der Waals surface area contributed by atoms with E-state index in [0.29, 0.717) is 11.5 Å². The average Bonchev–Trinajstić information content (AvgIpc) is 3.72. The van der Waals surface area contributed by atoms with Gasteiger partial charge < -0.3 is 24.8 Å². The minimum absolute atomic E-state index is 0. The molecule has 48 heavy (non-hydrogen) atoms. The van der Waals surface area contributed by atoms with Crippen LogP contribution in [-0.2, 0) is 36.8 Å². The molecule has 3 aromatic carbocycles. The molecular formula is C42H47Cl2F3Zr-2. The van der Waals surface area contributed by atoms with Crippen LogP contribution >= 0.6 is 0 Å². The van der Waals surface area contributed by atoms with Crippen molar-refractivity contribution in [2.24, 2.45) is 27.6 Å². The smallest absolute Gasteiger partial charge is 0.172 e.